The Morgan fingerprint density at radius 1 is 0.909 bits per heavy atom. The molecule has 0 amide bonds. The van der Waals surface area contributed by atoms with Crippen molar-refractivity contribution in [3.8, 4) is 33.6 Å². The fourth-order valence-electron chi connectivity index (χ4n) is 6.18. The standard InChI is InChI=1S/C35H37FN8/c1-43(2)12-9-38-28-15-24(14-27(36)17-28)29-7-6-8-32-30(29)18-33(40-32)34-31-16-26(21-39-35(31)42-41-34)25-13-23(19-37-20-25)22-44-10-4-3-5-11-44/h6-8,13-21,38,40H,3-5,9-12,22H2,1-2H3,(H,39,41,42). The topological polar surface area (TPSA) is 88.8 Å². The Morgan fingerprint density at radius 2 is 1.77 bits per heavy atom. The van der Waals surface area contributed by atoms with Crippen LogP contribution in [-0.4, -0.2) is 75.2 Å². The first-order valence-corrected chi connectivity index (χ1v) is 15.3. The van der Waals surface area contributed by atoms with E-state index < -0.39 is 0 Å². The Bertz CT molecular complexity index is 1920. The molecule has 1 aliphatic rings. The molecule has 0 bridgehead atoms. The number of halogens is 1. The summed E-state index contributed by atoms with van der Waals surface area (Å²) < 4.78 is 14.7. The third kappa shape index (κ3) is 5.93. The van der Waals surface area contributed by atoms with E-state index in [4.69, 9.17) is 0 Å². The number of anilines is 1. The Morgan fingerprint density at radius 3 is 2.64 bits per heavy atom. The van der Waals surface area contributed by atoms with Crippen molar-refractivity contribution in [2.75, 3.05) is 45.6 Å². The van der Waals surface area contributed by atoms with E-state index in [9.17, 15) is 4.39 Å². The molecule has 1 saturated heterocycles. The number of hydrogen-bond donors (Lipinski definition) is 3. The van der Waals surface area contributed by atoms with Crippen molar-refractivity contribution in [1.29, 1.82) is 0 Å². The van der Waals surface area contributed by atoms with Gasteiger partial charge in [0, 0.05) is 71.3 Å². The molecule has 5 heterocycles. The van der Waals surface area contributed by atoms with Gasteiger partial charge in [-0.15, -0.1) is 0 Å². The molecule has 7 rings (SSSR count). The molecule has 1 fully saturated rings. The largest absolute Gasteiger partial charge is 0.384 e. The smallest absolute Gasteiger partial charge is 0.181 e. The van der Waals surface area contributed by atoms with E-state index >= 15 is 0 Å². The van der Waals surface area contributed by atoms with Gasteiger partial charge in [-0.1, -0.05) is 18.6 Å². The molecule has 0 saturated carbocycles. The van der Waals surface area contributed by atoms with E-state index in [0.29, 0.717) is 5.65 Å². The van der Waals surface area contributed by atoms with E-state index in [1.807, 2.05) is 57.0 Å². The Balaban J connectivity index is 1.21. The van der Waals surface area contributed by atoms with Crippen LogP contribution in [-0.2, 0) is 6.54 Å². The fourth-order valence-corrected chi connectivity index (χ4v) is 6.18. The molecule has 44 heavy (non-hydrogen) atoms. The number of fused-ring (bicyclic) bond motifs is 2. The molecule has 224 valence electrons. The van der Waals surface area contributed by atoms with E-state index in [-0.39, 0.29) is 5.82 Å². The van der Waals surface area contributed by atoms with Crippen molar-refractivity contribution in [2.45, 2.75) is 25.8 Å². The van der Waals surface area contributed by atoms with Crippen LogP contribution in [0.4, 0.5) is 10.1 Å². The van der Waals surface area contributed by atoms with Crippen molar-refractivity contribution >= 4 is 27.6 Å². The normalized spacial score (nSPS) is 14.2. The Kier molecular flexibility index (Phi) is 7.80. The molecule has 2 aromatic carbocycles. The van der Waals surface area contributed by atoms with Gasteiger partial charge in [0.1, 0.15) is 5.82 Å². The number of aromatic amines is 2. The van der Waals surface area contributed by atoms with E-state index in [1.54, 1.807) is 12.1 Å². The second-order valence-corrected chi connectivity index (χ2v) is 12.0. The summed E-state index contributed by atoms with van der Waals surface area (Å²) in [4.78, 5) is 17.4. The summed E-state index contributed by atoms with van der Waals surface area (Å²) in [5, 5.41) is 13.0. The van der Waals surface area contributed by atoms with E-state index in [2.05, 4.69) is 58.5 Å². The van der Waals surface area contributed by atoms with Crippen LogP contribution in [0.3, 0.4) is 0 Å². The average molecular weight is 589 g/mol. The maximum atomic E-state index is 14.7. The van der Waals surface area contributed by atoms with Crippen LogP contribution in [0.5, 0.6) is 0 Å². The molecule has 3 N–H and O–H groups in total. The van der Waals surface area contributed by atoms with Crippen LogP contribution in [0.15, 0.2) is 73.2 Å². The first-order valence-electron chi connectivity index (χ1n) is 15.3. The van der Waals surface area contributed by atoms with Crippen molar-refractivity contribution in [2.24, 2.45) is 0 Å². The summed E-state index contributed by atoms with van der Waals surface area (Å²) in [6.07, 6.45) is 9.60. The van der Waals surface area contributed by atoms with Crippen LogP contribution in [0.1, 0.15) is 24.8 Å². The summed E-state index contributed by atoms with van der Waals surface area (Å²) in [5.41, 5.74) is 9.17. The summed E-state index contributed by atoms with van der Waals surface area (Å²) in [6.45, 7) is 4.81. The molecule has 6 aromatic rings. The molecule has 8 nitrogen and oxygen atoms in total. The van der Waals surface area contributed by atoms with E-state index in [0.717, 1.165) is 88.3 Å². The maximum Gasteiger partial charge on any atom is 0.181 e. The predicted octanol–water partition coefficient (Wildman–Crippen LogP) is 6.93. The lowest BCUT2D eigenvalue weighted by molar-refractivity contribution is 0.220. The van der Waals surface area contributed by atoms with Gasteiger partial charge in [0.2, 0.25) is 0 Å². The van der Waals surface area contributed by atoms with Gasteiger partial charge in [0.05, 0.1) is 11.4 Å². The van der Waals surface area contributed by atoms with Gasteiger partial charge in [-0.3, -0.25) is 15.0 Å². The lowest BCUT2D eigenvalue weighted by Crippen LogP contribution is -2.29. The number of hydrogen-bond acceptors (Lipinski definition) is 6. The second-order valence-electron chi connectivity index (χ2n) is 12.0. The minimum atomic E-state index is -0.268. The number of pyridine rings is 2. The first-order chi connectivity index (χ1) is 21.5. The molecule has 0 unspecified atom stereocenters. The number of piperidine rings is 1. The van der Waals surface area contributed by atoms with Crippen LogP contribution in [0, 0.1) is 5.82 Å². The highest BCUT2D eigenvalue weighted by Gasteiger charge is 2.16. The molecule has 0 spiro atoms. The fraction of sp³-hybridized carbons (Fsp3) is 0.286. The van der Waals surface area contributed by atoms with Crippen molar-refractivity contribution in [3.05, 3.63) is 84.6 Å². The lowest BCUT2D eigenvalue weighted by atomic mass is 10.0. The van der Waals surface area contributed by atoms with Crippen LogP contribution in [0.2, 0.25) is 0 Å². The number of nitrogens with one attached hydrogen (secondary N) is 3. The molecule has 1 aliphatic heterocycles. The van der Waals surface area contributed by atoms with Gasteiger partial charge < -0.3 is 15.2 Å². The molecular weight excluding hydrogens is 551 g/mol. The Hall–Kier alpha value is -4.60. The first kappa shape index (κ1) is 28.2. The number of nitrogens with zero attached hydrogens (tertiary/aromatic N) is 5. The van der Waals surface area contributed by atoms with Crippen molar-refractivity contribution in [1.82, 2.24) is 34.9 Å². The summed E-state index contributed by atoms with van der Waals surface area (Å²) in [6, 6.07) is 17.7. The zero-order valence-corrected chi connectivity index (χ0v) is 25.2. The molecule has 0 atom stereocenters. The lowest BCUT2D eigenvalue weighted by Gasteiger charge is -2.26. The third-order valence-corrected chi connectivity index (χ3v) is 8.42. The van der Waals surface area contributed by atoms with Crippen LogP contribution < -0.4 is 5.32 Å². The second kappa shape index (κ2) is 12.2. The van der Waals surface area contributed by atoms with Gasteiger partial charge in [0.15, 0.2) is 5.65 Å². The number of likely N-dealkylation sites (tertiary alicyclic amines) is 1. The monoisotopic (exact) mass is 588 g/mol. The van der Waals surface area contributed by atoms with Gasteiger partial charge in [0.25, 0.3) is 0 Å². The quantitative estimate of drug-likeness (QED) is 0.170. The van der Waals surface area contributed by atoms with Gasteiger partial charge >= 0.3 is 0 Å². The predicted molar refractivity (Wildman–Crippen MR) is 176 cm³/mol. The van der Waals surface area contributed by atoms with E-state index in [1.165, 1.54) is 24.8 Å². The molecular formula is C35H37FN8. The van der Waals surface area contributed by atoms with Gasteiger partial charge in [-0.2, -0.15) is 5.10 Å². The number of likely N-dealkylation sites (N-methyl/N-ethyl adjacent to an activating group) is 1. The minimum Gasteiger partial charge on any atom is -0.384 e. The third-order valence-electron chi connectivity index (χ3n) is 8.42. The molecule has 0 radical (unpaired) electrons. The highest BCUT2D eigenvalue weighted by atomic mass is 19.1. The molecule has 0 aliphatic carbocycles. The summed E-state index contributed by atoms with van der Waals surface area (Å²) in [7, 11) is 4.04. The van der Waals surface area contributed by atoms with Crippen LogP contribution >= 0.6 is 0 Å². The maximum absolute atomic E-state index is 14.7. The van der Waals surface area contributed by atoms with Gasteiger partial charge in [-0.25, -0.2) is 9.37 Å². The summed E-state index contributed by atoms with van der Waals surface area (Å²) >= 11 is 0. The SMILES string of the molecule is CN(C)CCNc1cc(F)cc(-c2cccc3[nH]c(-c4[nH]nc5ncc(-c6cncc(CN7CCCCC7)c6)cc45)cc23)c1. The van der Waals surface area contributed by atoms with Crippen molar-refractivity contribution in [3.63, 3.8) is 0 Å². The number of aromatic nitrogens is 5. The zero-order chi connectivity index (χ0) is 30.0. The van der Waals surface area contributed by atoms with Gasteiger partial charge in [-0.05, 0) is 99.2 Å². The summed E-state index contributed by atoms with van der Waals surface area (Å²) in [5.74, 6) is -0.268. The van der Waals surface area contributed by atoms with Crippen LogP contribution in [0.25, 0.3) is 55.6 Å². The number of benzene rings is 2. The molecule has 4 aromatic heterocycles. The number of H-pyrrole nitrogens is 2. The Labute approximate surface area is 256 Å². The average Bonchev–Trinajstić information content (AvgIpc) is 3.65. The minimum absolute atomic E-state index is 0.268. The van der Waals surface area contributed by atoms with Crippen molar-refractivity contribution < 1.29 is 4.39 Å². The highest BCUT2D eigenvalue weighted by Crippen LogP contribution is 2.36. The highest BCUT2D eigenvalue weighted by molar-refractivity contribution is 6.01. The number of rotatable bonds is 9. The zero-order valence-electron chi connectivity index (χ0n) is 25.2. The molecule has 9 heteroatoms.